The van der Waals surface area contributed by atoms with E-state index in [0.29, 0.717) is 6.54 Å². The summed E-state index contributed by atoms with van der Waals surface area (Å²) in [5.74, 6) is 0.0275. The van der Waals surface area contributed by atoms with Crippen LogP contribution in [-0.2, 0) is 10.0 Å². The van der Waals surface area contributed by atoms with Crippen molar-refractivity contribution >= 4 is 10.0 Å². The third-order valence-corrected chi connectivity index (χ3v) is 2.75. The van der Waals surface area contributed by atoms with Crippen LogP contribution in [0.1, 0.15) is 6.42 Å². The Bertz CT molecular complexity index is 239. The van der Waals surface area contributed by atoms with Gasteiger partial charge >= 0.3 is 0 Å². The predicted molar refractivity (Wildman–Crippen MR) is 47.0 cm³/mol. The van der Waals surface area contributed by atoms with E-state index in [0.717, 1.165) is 19.5 Å². The second-order valence-corrected chi connectivity index (χ2v) is 4.95. The summed E-state index contributed by atoms with van der Waals surface area (Å²) >= 11 is 0. The van der Waals surface area contributed by atoms with Crippen molar-refractivity contribution in [1.29, 1.82) is 0 Å². The maximum atomic E-state index is 10.6. The van der Waals surface area contributed by atoms with Crippen LogP contribution in [0.25, 0.3) is 0 Å². The van der Waals surface area contributed by atoms with Gasteiger partial charge in [0.05, 0.1) is 5.75 Å². The Kier molecular flexibility index (Phi) is 3.05. The summed E-state index contributed by atoms with van der Waals surface area (Å²) in [6.45, 7) is 2.18. The highest BCUT2D eigenvalue weighted by Crippen LogP contribution is 2.05. The summed E-state index contributed by atoms with van der Waals surface area (Å²) in [7, 11) is -3.31. The van der Waals surface area contributed by atoms with Crippen LogP contribution in [0, 0.1) is 0 Å². The predicted octanol–water partition coefficient (Wildman–Crippen LogP) is -1.69. The van der Waals surface area contributed by atoms with Crippen LogP contribution in [-0.4, -0.2) is 44.7 Å². The summed E-state index contributed by atoms with van der Waals surface area (Å²) in [5, 5.41) is 4.86. The number of hydrogen-bond acceptors (Lipinski definition) is 4. The van der Waals surface area contributed by atoms with Gasteiger partial charge in [0.15, 0.2) is 0 Å². The van der Waals surface area contributed by atoms with Crippen LogP contribution in [0.2, 0.25) is 0 Å². The lowest BCUT2D eigenvalue weighted by molar-refractivity contribution is 0.354. The van der Waals surface area contributed by atoms with Crippen molar-refractivity contribution in [3.05, 3.63) is 0 Å². The zero-order valence-corrected chi connectivity index (χ0v) is 7.76. The average Bonchev–Trinajstić information content (AvgIpc) is 2.30. The highest BCUT2D eigenvalue weighted by molar-refractivity contribution is 7.89. The number of primary sulfonamides is 1. The number of likely N-dealkylation sites (tertiary alicyclic amines) is 1. The lowest BCUT2D eigenvalue weighted by Crippen LogP contribution is -2.32. The first kappa shape index (κ1) is 9.91. The molecule has 1 heterocycles. The molecule has 0 spiro atoms. The number of nitrogens with two attached hydrogens (primary N) is 2. The molecule has 1 rings (SSSR count). The molecule has 0 amide bonds. The molecule has 1 fully saturated rings. The van der Waals surface area contributed by atoms with Gasteiger partial charge < -0.3 is 10.6 Å². The standard InChI is InChI=1S/C6H15N3O2S/c7-6-1-2-9(5-6)3-4-12(8,10)11/h6H,1-5,7H2,(H2,8,10,11)/t6-/m0/s1. The minimum absolute atomic E-state index is 0.0275. The van der Waals surface area contributed by atoms with Crippen molar-refractivity contribution in [3.63, 3.8) is 0 Å². The van der Waals surface area contributed by atoms with Crippen LogP contribution in [0.15, 0.2) is 0 Å². The molecule has 0 aromatic heterocycles. The minimum atomic E-state index is -3.31. The van der Waals surface area contributed by atoms with E-state index in [1.807, 2.05) is 4.90 Å². The molecule has 4 N–H and O–H groups in total. The molecule has 12 heavy (non-hydrogen) atoms. The van der Waals surface area contributed by atoms with E-state index in [1.165, 1.54) is 0 Å². The van der Waals surface area contributed by atoms with E-state index >= 15 is 0 Å². The van der Waals surface area contributed by atoms with Crippen LogP contribution in [0.4, 0.5) is 0 Å². The largest absolute Gasteiger partial charge is 0.326 e. The zero-order valence-electron chi connectivity index (χ0n) is 6.94. The van der Waals surface area contributed by atoms with Gasteiger partial charge in [0.1, 0.15) is 0 Å². The zero-order chi connectivity index (χ0) is 9.19. The smallest absolute Gasteiger partial charge is 0.210 e. The van der Waals surface area contributed by atoms with Gasteiger partial charge in [-0.05, 0) is 13.0 Å². The Morgan fingerprint density at radius 3 is 2.58 bits per heavy atom. The van der Waals surface area contributed by atoms with Gasteiger partial charge in [-0.25, -0.2) is 13.6 Å². The second-order valence-electron chi connectivity index (χ2n) is 3.22. The first-order valence-electron chi connectivity index (χ1n) is 3.96. The van der Waals surface area contributed by atoms with Gasteiger partial charge in [-0.1, -0.05) is 0 Å². The van der Waals surface area contributed by atoms with Gasteiger partial charge in [0.25, 0.3) is 0 Å². The molecule has 6 heteroatoms. The summed E-state index contributed by atoms with van der Waals surface area (Å²) < 4.78 is 21.2. The SMILES string of the molecule is N[C@H]1CCN(CCS(N)(=O)=O)C1. The first-order valence-corrected chi connectivity index (χ1v) is 5.67. The van der Waals surface area contributed by atoms with E-state index in [1.54, 1.807) is 0 Å². The van der Waals surface area contributed by atoms with Crippen molar-refractivity contribution in [2.24, 2.45) is 10.9 Å². The topological polar surface area (TPSA) is 89.4 Å². The normalized spacial score (nSPS) is 26.3. The maximum Gasteiger partial charge on any atom is 0.210 e. The molecular formula is C6H15N3O2S. The lowest BCUT2D eigenvalue weighted by Gasteiger charge is -2.13. The fourth-order valence-corrected chi connectivity index (χ4v) is 1.83. The first-order chi connectivity index (χ1) is 5.47. The molecule has 1 aliphatic rings. The van der Waals surface area contributed by atoms with E-state index in [4.69, 9.17) is 10.9 Å². The average molecular weight is 193 g/mol. The van der Waals surface area contributed by atoms with Crippen molar-refractivity contribution in [2.45, 2.75) is 12.5 Å². The maximum absolute atomic E-state index is 10.6. The van der Waals surface area contributed by atoms with Crippen LogP contribution in [0.5, 0.6) is 0 Å². The highest BCUT2D eigenvalue weighted by atomic mass is 32.2. The molecule has 0 aromatic carbocycles. The van der Waals surface area contributed by atoms with Gasteiger partial charge in [-0.15, -0.1) is 0 Å². The summed E-state index contributed by atoms with van der Waals surface area (Å²) in [4.78, 5) is 2.02. The van der Waals surface area contributed by atoms with Crippen LogP contribution in [0.3, 0.4) is 0 Å². The molecule has 0 aliphatic carbocycles. The van der Waals surface area contributed by atoms with E-state index in [2.05, 4.69) is 0 Å². The molecule has 5 nitrogen and oxygen atoms in total. The Hall–Kier alpha value is -0.170. The Morgan fingerprint density at radius 1 is 1.50 bits per heavy atom. The van der Waals surface area contributed by atoms with E-state index < -0.39 is 10.0 Å². The van der Waals surface area contributed by atoms with E-state index in [-0.39, 0.29) is 11.8 Å². The number of nitrogens with zero attached hydrogens (tertiary/aromatic N) is 1. The van der Waals surface area contributed by atoms with Crippen LogP contribution < -0.4 is 10.9 Å². The van der Waals surface area contributed by atoms with Gasteiger partial charge in [0, 0.05) is 19.1 Å². The summed E-state index contributed by atoms with van der Waals surface area (Å²) in [6, 6.07) is 0.200. The molecule has 72 valence electrons. The third kappa shape index (κ3) is 3.48. The van der Waals surface area contributed by atoms with Crippen molar-refractivity contribution in [3.8, 4) is 0 Å². The quantitative estimate of drug-likeness (QED) is 0.559. The second kappa shape index (κ2) is 3.69. The molecule has 1 saturated heterocycles. The minimum Gasteiger partial charge on any atom is -0.326 e. The van der Waals surface area contributed by atoms with Crippen molar-refractivity contribution in [2.75, 3.05) is 25.4 Å². The summed E-state index contributed by atoms with van der Waals surface area (Å²) in [6.07, 6.45) is 0.949. The van der Waals surface area contributed by atoms with Crippen LogP contribution >= 0.6 is 0 Å². The number of rotatable bonds is 3. The Balaban J connectivity index is 2.25. The number of hydrogen-bond donors (Lipinski definition) is 2. The molecule has 0 unspecified atom stereocenters. The summed E-state index contributed by atoms with van der Waals surface area (Å²) in [5.41, 5.74) is 5.64. The Labute approximate surface area is 72.8 Å². The molecule has 0 bridgehead atoms. The lowest BCUT2D eigenvalue weighted by atomic mass is 10.3. The molecule has 1 aliphatic heterocycles. The van der Waals surface area contributed by atoms with Gasteiger partial charge in [0.2, 0.25) is 10.0 Å². The third-order valence-electron chi connectivity index (χ3n) is 2.00. The molecule has 0 radical (unpaired) electrons. The van der Waals surface area contributed by atoms with Gasteiger partial charge in [-0.3, -0.25) is 0 Å². The monoisotopic (exact) mass is 193 g/mol. The Morgan fingerprint density at radius 2 is 2.17 bits per heavy atom. The fraction of sp³-hybridized carbons (Fsp3) is 1.00. The highest BCUT2D eigenvalue weighted by Gasteiger charge is 2.19. The van der Waals surface area contributed by atoms with E-state index in [9.17, 15) is 8.42 Å². The van der Waals surface area contributed by atoms with Crippen molar-refractivity contribution < 1.29 is 8.42 Å². The molecule has 0 aromatic rings. The molecule has 1 atom stereocenters. The molecular weight excluding hydrogens is 178 g/mol. The number of sulfonamides is 1. The molecule has 0 saturated carbocycles. The fourth-order valence-electron chi connectivity index (χ4n) is 1.32. The van der Waals surface area contributed by atoms with Crippen molar-refractivity contribution in [1.82, 2.24) is 4.90 Å². The van der Waals surface area contributed by atoms with Gasteiger partial charge in [-0.2, -0.15) is 0 Å².